The smallest absolute Gasteiger partial charge is 0.410 e. The lowest BCUT2D eigenvalue weighted by atomic mass is 9.62. The zero-order valence-corrected chi connectivity index (χ0v) is 13.7. The highest BCUT2D eigenvalue weighted by Gasteiger charge is 2.63. The summed E-state index contributed by atoms with van der Waals surface area (Å²) >= 11 is 12.4. The van der Waals surface area contributed by atoms with Crippen LogP contribution in [0.3, 0.4) is 0 Å². The van der Waals surface area contributed by atoms with E-state index < -0.39 is 9.93 Å². The molecule has 1 saturated heterocycles. The van der Waals surface area contributed by atoms with Gasteiger partial charge in [0.15, 0.2) is 10.1 Å². The van der Waals surface area contributed by atoms with E-state index in [9.17, 15) is 9.59 Å². The van der Waals surface area contributed by atoms with Gasteiger partial charge in [-0.05, 0) is 40.0 Å². The van der Waals surface area contributed by atoms with Crippen molar-refractivity contribution < 1.29 is 14.3 Å². The van der Waals surface area contributed by atoms with E-state index in [0.717, 1.165) is 12.8 Å². The average molecular weight is 322 g/mol. The third-order valence-corrected chi connectivity index (χ3v) is 5.33. The Hall–Kier alpha value is -0.480. The van der Waals surface area contributed by atoms with Crippen molar-refractivity contribution in [2.45, 2.75) is 56.4 Å². The first-order chi connectivity index (χ1) is 9.07. The molecule has 0 N–H and O–H groups in total. The number of carbonyl (C=O) groups is 2. The quantitative estimate of drug-likeness (QED) is 0.641. The highest BCUT2D eigenvalue weighted by Crippen LogP contribution is 2.59. The van der Waals surface area contributed by atoms with Gasteiger partial charge in [-0.15, -0.1) is 0 Å². The molecule has 0 aromatic carbocycles. The summed E-state index contributed by atoms with van der Waals surface area (Å²) in [6.45, 7) is 6.68. The summed E-state index contributed by atoms with van der Waals surface area (Å²) in [5, 5.41) is 0. The van der Waals surface area contributed by atoms with Gasteiger partial charge < -0.3 is 9.64 Å². The maximum absolute atomic E-state index is 12.1. The van der Waals surface area contributed by atoms with Crippen molar-refractivity contribution in [1.82, 2.24) is 4.90 Å². The van der Waals surface area contributed by atoms with Crippen LogP contribution in [0.2, 0.25) is 0 Å². The minimum atomic E-state index is -1.28. The average Bonchev–Trinajstić information content (AvgIpc) is 2.52. The highest BCUT2D eigenvalue weighted by molar-refractivity contribution is 6.61. The van der Waals surface area contributed by atoms with E-state index in [4.69, 9.17) is 27.9 Å². The summed E-state index contributed by atoms with van der Waals surface area (Å²) in [5.41, 5.74) is -0.875. The number of ketones is 1. The van der Waals surface area contributed by atoms with Crippen LogP contribution in [0.25, 0.3) is 0 Å². The van der Waals surface area contributed by atoms with Gasteiger partial charge in [0.05, 0.1) is 0 Å². The number of alkyl halides is 2. The summed E-state index contributed by atoms with van der Waals surface area (Å²) in [7, 11) is 0. The van der Waals surface area contributed by atoms with E-state index in [1.165, 1.54) is 0 Å². The molecule has 0 radical (unpaired) electrons. The molecule has 0 aromatic heterocycles. The van der Waals surface area contributed by atoms with E-state index in [1.807, 2.05) is 20.8 Å². The summed E-state index contributed by atoms with van der Waals surface area (Å²) in [4.78, 5) is 25.3. The van der Waals surface area contributed by atoms with Crippen LogP contribution >= 0.6 is 23.2 Å². The Labute approximate surface area is 129 Å². The van der Waals surface area contributed by atoms with Gasteiger partial charge in [0.25, 0.3) is 0 Å². The van der Waals surface area contributed by atoms with Crippen molar-refractivity contribution in [1.29, 1.82) is 0 Å². The number of likely N-dealkylation sites (tertiary alicyclic amines) is 1. The Morgan fingerprint density at radius 3 is 2.40 bits per heavy atom. The molecule has 6 heteroatoms. The lowest BCUT2D eigenvalue weighted by molar-refractivity contribution is -0.135. The summed E-state index contributed by atoms with van der Waals surface area (Å²) < 4.78 is 4.10. The molecular weight excluding hydrogens is 301 g/mol. The number of hydrogen-bond donors (Lipinski definition) is 0. The largest absolute Gasteiger partial charge is 0.444 e. The molecule has 1 aliphatic carbocycles. The van der Waals surface area contributed by atoms with Crippen LogP contribution in [0.5, 0.6) is 0 Å². The van der Waals surface area contributed by atoms with E-state index >= 15 is 0 Å². The molecule has 114 valence electrons. The Balaban J connectivity index is 2.00. The van der Waals surface area contributed by atoms with Gasteiger partial charge in [-0.3, -0.25) is 4.79 Å². The normalized spacial score (nSPS) is 29.9. The first-order valence-electron chi connectivity index (χ1n) is 6.96. The molecule has 4 nitrogen and oxygen atoms in total. The molecule has 2 aliphatic rings. The Kier molecular flexibility index (Phi) is 4.02. The van der Waals surface area contributed by atoms with Gasteiger partial charge in [0.1, 0.15) is 5.60 Å². The van der Waals surface area contributed by atoms with Crippen LogP contribution < -0.4 is 0 Å². The Morgan fingerprint density at radius 2 is 1.90 bits per heavy atom. The SMILES string of the molecule is CC(C)(C)OC(=O)N1CCCC2(CC1)CC(=O)C2(Cl)Cl. The fourth-order valence-corrected chi connectivity index (χ4v) is 3.56. The third-order valence-electron chi connectivity index (χ3n) is 4.11. The zero-order valence-electron chi connectivity index (χ0n) is 12.2. The van der Waals surface area contributed by atoms with Gasteiger partial charge in [-0.2, -0.15) is 0 Å². The van der Waals surface area contributed by atoms with Crippen LogP contribution in [0, 0.1) is 5.41 Å². The summed E-state index contributed by atoms with van der Waals surface area (Å²) in [6.07, 6.45) is 2.31. The molecule has 1 heterocycles. The van der Waals surface area contributed by atoms with Crippen LogP contribution in [-0.4, -0.2) is 39.8 Å². The minimum absolute atomic E-state index is 0.105. The molecule has 1 unspecified atom stereocenters. The number of halogens is 2. The summed E-state index contributed by atoms with van der Waals surface area (Å²) in [5.74, 6) is -0.105. The lowest BCUT2D eigenvalue weighted by Gasteiger charge is -2.50. The molecule has 0 aromatic rings. The van der Waals surface area contributed by atoms with Crippen LogP contribution in [0.15, 0.2) is 0 Å². The maximum Gasteiger partial charge on any atom is 0.410 e. The monoisotopic (exact) mass is 321 g/mol. The van der Waals surface area contributed by atoms with Crippen LogP contribution in [0.4, 0.5) is 4.79 Å². The molecular formula is C14H21Cl2NO3. The van der Waals surface area contributed by atoms with Crippen LogP contribution in [-0.2, 0) is 9.53 Å². The molecule has 1 atom stereocenters. The third kappa shape index (κ3) is 2.77. The van der Waals surface area contributed by atoms with Crippen molar-refractivity contribution in [2.24, 2.45) is 5.41 Å². The van der Waals surface area contributed by atoms with Crippen molar-refractivity contribution in [3.05, 3.63) is 0 Å². The molecule has 2 fully saturated rings. The predicted octanol–water partition coefficient (Wildman–Crippen LogP) is 3.54. The fourth-order valence-electron chi connectivity index (χ4n) is 2.91. The first kappa shape index (κ1) is 15.9. The molecule has 1 aliphatic heterocycles. The van der Waals surface area contributed by atoms with Crippen molar-refractivity contribution in [3.8, 4) is 0 Å². The molecule has 20 heavy (non-hydrogen) atoms. The summed E-state index contributed by atoms with van der Waals surface area (Å²) in [6, 6.07) is 0. The standard InChI is InChI=1S/C14H21Cl2NO3/c1-12(2,3)20-11(19)17-7-4-5-13(6-8-17)9-10(18)14(13,15)16/h4-9H2,1-3H3. The van der Waals surface area contributed by atoms with E-state index in [0.29, 0.717) is 25.9 Å². The second-order valence-electron chi connectivity index (χ2n) is 6.78. The second kappa shape index (κ2) is 5.06. The van der Waals surface area contributed by atoms with Crippen LogP contribution in [0.1, 0.15) is 46.5 Å². The number of rotatable bonds is 0. The van der Waals surface area contributed by atoms with Crippen molar-refractivity contribution in [2.75, 3.05) is 13.1 Å². The fraction of sp³-hybridized carbons (Fsp3) is 0.857. The van der Waals surface area contributed by atoms with E-state index in [-0.39, 0.29) is 17.3 Å². The van der Waals surface area contributed by atoms with Gasteiger partial charge in [-0.25, -0.2) is 4.79 Å². The Bertz CT molecular complexity index is 431. The number of nitrogens with zero attached hydrogens (tertiary/aromatic N) is 1. The van der Waals surface area contributed by atoms with Gasteiger partial charge in [0, 0.05) is 24.9 Å². The molecule has 1 amide bonds. The minimum Gasteiger partial charge on any atom is -0.444 e. The maximum atomic E-state index is 12.1. The lowest BCUT2D eigenvalue weighted by Crippen LogP contribution is -2.58. The number of ether oxygens (including phenoxy) is 1. The predicted molar refractivity (Wildman–Crippen MR) is 78.2 cm³/mol. The highest BCUT2D eigenvalue weighted by atomic mass is 35.5. The molecule has 1 spiro atoms. The number of Topliss-reactive ketones (excluding diaryl/α,β-unsaturated/α-hetero) is 1. The van der Waals surface area contributed by atoms with Gasteiger partial charge in [0.2, 0.25) is 0 Å². The molecule has 1 saturated carbocycles. The van der Waals surface area contributed by atoms with Crippen molar-refractivity contribution >= 4 is 35.1 Å². The van der Waals surface area contributed by atoms with E-state index in [1.54, 1.807) is 4.90 Å². The molecule has 0 bridgehead atoms. The first-order valence-corrected chi connectivity index (χ1v) is 7.72. The second-order valence-corrected chi connectivity index (χ2v) is 8.10. The number of amides is 1. The number of hydrogen-bond acceptors (Lipinski definition) is 3. The van der Waals surface area contributed by atoms with Gasteiger partial charge in [-0.1, -0.05) is 23.2 Å². The number of carbonyl (C=O) groups excluding carboxylic acids is 2. The Morgan fingerprint density at radius 1 is 1.25 bits per heavy atom. The zero-order chi connectivity index (χ0) is 15.2. The molecule has 2 rings (SSSR count). The van der Waals surface area contributed by atoms with Gasteiger partial charge >= 0.3 is 6.09 Å². The topological polar surface area (TPSA) is 46.6 Å². The van der Waals surface area contributed by atoms with E-state index in [2.05, 4.69) is 0 Å². The van der Waals surface area contributed by atoms with Crippen molar-refractivity contribution in [3.63, 3.8) is 0 Å².